The van der Waals surface area contributed by atoms with Gasteiger partial charge in [0.25, 0.3) is 0 Å². The molecule has 8 heteroatoms. The number of carbonyl (C=O) groups excluding carboxylic acids is 1. The van der Waals surface area contributed by atoms with Gasteiger partial charge in [0.05, 0.1) is 17.5 Å². The van der Waals surface area contributed by atoms with Gasteiger partial charge < -0.3 is 9.73 Å². The summed E-state index contributed by atoms with van der Waals surface area (Å²) in [5.41, 5.74) is 1.74. The first-order valence-corrected chi connectivity index (χ1v) is 10.5. The Hall–Kier alpha value is -2.68. The van der Waals surface area contributed by atoms with E-state index in [9.17, 15) is 13.2 Å². The molecule has 3 aromatic rings. The number of fused-ring (bicyclic) bond motifs is 1. The minimum Gasteiger partial charge on any atom is -0.459 e. The summed E-state index contributed by atoms with van der Waals surface area (Å²) in [5.74, 6) is 0.660. The van der Waals surface area contributed by atoms with Gasteiger partial charge in [-0.15, -0.1) is 0 Å². The first-order chi connectivity index (χ1) is 13.3. The zero-order valence-electron chi connectivity index (χ0n) is 15.5. The molecule has 1 heterocycles. The number of nitrogens with two attached hydrogens (primary N) is 1. The smallest absolute Gasteiger partial charge is 0.238 e. The fraction of sp³-hybridized carbons (Fsp3) is 0.250. The Labute approximate surface area is 164 Å². The molecule has 2 aromatic carbocycles. The summed E-state index contributed by atoms with van der Waals surface area (Å²) in [4.78, 5) is 12.1. The van der Waals surface area contributed by atoms with Crippen molar-refractivity contribution in [3.63, 3.8) is 0 Å². The van der Waals surface area contributed by atoms with Gasteiger partial charge in [0, 0.05) is 11.9 Å². The Balaban J connectivity index is 1.43. The summed E-state index contributed by atoms with van der Waals surface area (Å²) < 4.78 is 28.3. The van der Waals surface area contributed by atoms with Crippen LogP contribution in [0.3, 0.4) is 0 Å². The number of benzene rings is 2. The van der Waals surface area contributed by atoms with E-state index < -0.39 is 10.0 Å². The maximum absolute atomic E-state index is 12.0. The SMILES string of the molecule is CC(NCC(=O)NCCc1ccc(S(N)(=O)=O)cc1)c1cc2ccccc2o1. The number of furan rings is 1. The van der Waals surface area contributed by atoms with Gasteiger partial charge in [-0.05, 0) is 43.2 Å². The molecule has 0 aliphatic carbocycles. The third-order valence-electron chi connectivity index (χ3n) is 4.43. The lowest BCUT2D eigenvalue weighted by Gasteiger charge is -2.11. The van der Waals surface area contributed by atoms with E-state index in [1.807, 2.05) is 37.3 Å². The van der Waals surface area contributed by atoms with Gasteiger partial charge in [0.15, 0.2) is 0 Å². The molecule has 28 heavy (non-hydrogen) atoms. The number of hydrogen-bond acceptors (Lipinski definition) is 5. The van der Waals surface area contributed by atoms with Crippen LogP contribution in [0.4, 0.5) is 0 Å². The summed E-state index contributed by atoms with van der Waals surface area (Å²) >= 11 is 0. The predicted octanol–water partition coefficient (Wildman–Crippen LogP) is 2.09. The van der Waals surface area contributed by atoms with Crippen LogP contribution in [0.25, 0.3) is 11.0 Å². The van der Waals surface area contributed by atoms with Crippen molar-refractivity contribution in [3.8, 4) is 0 Å². The quantitative estimate of drug-likeness (QED) is 0.535. The van der Waals surface area contributed by atoms with Crippen LogP contribution in [0.15, 0.2) is 63.9 Å². The van der Waals surface area contributed by atoms with Crippen molar-refractivity contribution in [3.05, 3.63) is 65.9 Å². The van der Waals surface area contributed by atoms with Crippen LogP contribution in [-0.4, -0.2) is 27.4 Å². The normalized spacial score (nSPS) is 12.8. The number of amides is 1. The van der Waals surface area contributed by atoms with E-state index >= 15 is 0 Å². The number of primary sulfonamides is 1. The Bertz CT molecular complexity index is 1030. The van der Waals surface area contributed by atoms with Crippen molar-refractivity contribution in [1.82, 2.24) is 10.6 Å². The standard InChI is InChI=1S/C20H23N3O4S/c1-14(19-12-16-4-2-3-5-18(16)27-19)23-13-20(24)22-11-10-15-6-8-17(9-7-15)28(21,25)26/h2-9,12,14,23H,10-11,13H2,1H3,(H,22,24)(H2,21,25,26). The third-order valence-corrected chi connectivity index (χ3v) is 5.36. The van der Waals surface area contributed by atoms with Crippen molar-refractivity contribution in [1.29, 1.82) is 0 Å². The zero-order chi connectivity index (χ0) is 20.1. The lowest BCUT2D eigenvalue weighted by molar-refractivity contribution is -0.120. The van der Waals surface area contributed by atoms with E-state index in [0.717, 1.165) is 22.3 Å². The first kappa shape index (κ1) is 20.1. The first-order valence-electron chi connectivity index (χ1n) is 8.93. The van der Waals surface area contributed by atoms with E-state index in [1.165, 1.54) is 12.1 Å². The second-order valence-electron chi connectivity index (χ2n) is 6.58. The Morgan fingerprint density at radius 2 is 1.86 bits per heavy atom. The summed E-state index contributed by atoms with van der Waals surface area (Å²) in [6, 6.07) is 15.9. The van der Waals surface area contributed by atoms with Crippen LogP contribution in [0.1, 0.15) is 24.3 Å². The lowest BCUT2D eigenvalue weighted by atomic mass is 10.1. The van der Waals surface area contributed by atoms with Crippen LogP contribution in [0.2, 0.25) is 0 Å². The number of hydrogen-bond donors (Lipinski definition) is 3. The van der Waals surface area contributed by atoms with Gasteiger partial charge >= 0.3 is 0 Å². The molecule has 1 amide bonds. The molecule has 0 aliphatic rings. The van der Waals surface area contributed by atoms with Crippen molar-refractivity contribution in [2.45, 2.75) is 24.3 Å². The molecule has 0 aliphatic heterocycles. The molecule has 0 spiro atoms. The number of sulfonamides is 1. The molecular weight excluding hydrogens is 378 g/mol. The maximum atomic E-state index is 12.0. The van der Waals surface area contributed by atoms with Gasteiger partial charge in [0.2, 0.25) is 15.9 Å². The van der Waals surface area contributed by atoms with Crippen LogP contribution in [0, 0.1) is 0 Å². The summed E-state index contributed by atoms with van der Waals surface area (Å²) in [7, 11) is -3.69. The molecule has 0 saturated heterocycles. The van der Waals surface area contributed by atoms with Crippen LogP contribution >= 0.6 is 0 Å². The van der Waals surface area contributed by atoms with E-state index in [1.54, 1.807) is 12.1 Å². The van der Waals surface area contributed by atoms with E-state index in [4.69, 9.17) is 9.56 Å². The molecular formula is C20H23N3O4S. The van der Waals surface area contributed by atoms with Gasteiger partial charge in [0.1, 0.15) is 11.3 Å². The third kappa shape index (κ3) is 5.19. The molecule has 0 saturated carbocycles. The van der Waals surface area contributed by atoms with E-state index in [2.05, 4.69) is 10.6 Å². The van der Waals surface area contributed by atoms with Crippen molar-refractivity contribution in [2.24, 2.45) is 5.14 Å². The fourth-order valence-electron chi connectivity index (χ4n) is 2.82. The minimum atomic E-state index is -3.69. The second-order valence-corrected chi connectivity index (χ2v) is 8.14. The predicted molar refractivity (Wildman–Crippen MR) is 107 cm³/mol. The highest BCUT2D eigenvalue weighted by molar-refractivity contribution is 7.89. The highest BCUT2D eigenvalue weighted by atomic mass is 32.2. The van der Waals surface area contributed by atoms with Gasteiger partial charge in [-0.3, -0.25) is 10.1 Å². The molecule has 1 aromatic heterocycles. The second kappa shape index (κ2) is 8.55. The molecule has 4 N–H and O–H groups in total. The highest BCUT2D eigenvalue weighted by Crippen LogP contribution is 2.23. The number of rotatable bonds is 8. The Morgan fingerprint density at radius 3 is 2.54 bits per heavy atom. The zero-order valence-corrected chi connectivity index (χ0v) is 16.3. The number of carbonyl (C=O) groups is 1. The maximum Gasteiger partial charge on any atom is 0.238 e. The molecule has 1 unspecified atom stereocenters. The molecule has 0 radical (unpaired) electrons. The highest BCUT2D eigenvalue weighted by Gasteiger charge is 2.12. The minimum absolute atomic E-state index is 0.0732. The lowest BCUT2D eigenvalue weighted by Crippen LogP contribution is -2.35. The molecule has 7 nitrogen and oxygen atoms in total. The molecule has 1 atom stereocenters. The van der Waals surface area contributed by atoms with Crippen molar-refractivity contribution in [2.75, 3.05) is 13.1 Å². The fourth-order valence-corrected chi connectivity index (χ4v) is 3.33. The van der Waals surface area contributed by atoms with E-state index in [-0.39, 0.29) is 23.4 Å². The van der Waals surface area contributed by atoms with Crippen LogP contribution < -0.4 is 15.8 Å². The molecule has 0 fully saturated rings. The molecule has 3 rings (SSSR count). The van der Waals surface area contributed by atoms with Gasteiger partial charge in [-0.25, -0.2) is 13.6 Å². The topological polar surface area (TPSA) is 114 Å². The van der Waals surface area contributed by atoms with Gasteiger partial charge in [-0.2, -0.15) is 0 Å². The Kier molecular flexibility index (Phi) is 6.13. The Morgan fingerprint density at radius 1 is 1.14 bits per heavy atom. The average Bonchev–Trinajstić information content (AvgIpc) is 3.10. The largest absolute Gasteiger partial charge is 0.459 e. The monoisotopic (exact) mass is 401 g/mol. The van der Waals surface area contributed by atoms with Crippen molar-refractivity contribution >= 4 is 26.9 Å². The number of para-hydroxylation sites is 1. The van der Waals surface area contributed by atoms with Crippen LogP contribution in [0.5, 0.6) is 0 Å². The molecule has 0 bridgehead atoms. The van der Waals surface area contributed by atoms with Gasteiger partial charge in [-0.1, -0.05) is 30.3 Å². The van der Waals surface area contributed by atoms with Crippen LogP contribution in [-0.2, 0) is 21.2 Å². The average molecular weight is 401 g/mol. The summed E-state index contributed by atoms with van der Waals surface area (Å²) in [6.45, 7) is 2.56. The summed E-state index contributed by atoms with van der Waals surface area (Å²) in [5, 5.41) is 12.1. The summed E-state index contributed by atoms with van der Waals surface area (Å²) in [6.07, 6.45) is 0.593. The molecule has 148 valence electrons. The number of nitrogens with one attached hydrogen (secondary N) is 2. The van der Waals surface area contributed by atoms with Crippen molar-refractivity contribution < 1.29 is 17.6 Å². The van der Waals surface area contributed by atoms with E-state index in [0.29, 0.717) is 13.0 Å².